The number of methoxy groups -OCH3 is 1. The number of nitrogens with zero attached hydrogens (tertiary/aromatic N) is 2. The number of ether oxygens (including phenoxy) is 3. The van der Waals surface area contributed by atoms with E-state index in [-0.39, 0.29) is 33.3 Å². The first-order valence-corrected chi connectivity index (χ1v) is 11.3. The highest BCUT2D eigenvalue weighted by molar-refractivity contribution is 7.17. The standard InChI is InChI=1S/C22H27F3N2O5S/c1-11-9-13(7-8-27(11)20(29)32-21(3,4)5)31-18-12(2)15(22(23,24)25)17-16(26-18)14(10-33-17)19(28)30-6/h10-11,13H,7-9H2,1-6H3/t11-,13-/m1/s1. The Morgan fingerprint density at radius 3 is 2.45 bits per heavy atom. The van der Waals surface area contributed by atoms with E-state index in [1.54, 1.807) is 25.7 Å². The lowest BCUT2D eigenvalue weighted by molar-refractivity contribution is -0.136. The number of likely N-dealkylation sites (tertiary alicyclic amines) is 1. The molecule has 11 heteroatoms. The first-order chi connectivity index (χ1) is 15.2. The Bertz CT molecular complexity index is 1060. The Hall–Kier alpha value is -2.56. The monoisotopic (exact) mass is 488 g/mol. The van der Waals surface area contributed by atoms with Gasteiger partial charge in [0.25, 0.3) is 0 Å². The van der Waals surface area contributed by atoms with Crippen LogP contribution in [0.25, 0.3) is 10.2 Å². The van der Waals surface area contributed by atoms with E-state index in [0.717, 1.165) is 18.4 Å². The Kier molecular flexibility index (Phi) is 6.84. The molecule has 0 saturated carbocycles. The number of amides is 1. The van der Waals surface area contributed by atoms with Crippen molar-refractivity contribution >= 4 is 33.6 Å². The van der Waals surface area contributed by atoms with Crippen molar-refractivity contribution in [2.24, 2.45) is 0 Å². The highest BCUT2D eigenvalue weighted by Gasteiger charge is 2.39. The highest BCUT2D eigenvalue weighted by Crippen LogP contribution is 2.43. The Balaban J connectivity index is 1.90. The van der Waals surface area contributed by atoms with Crippen LogP contribution in [-0.4, -0.2) is 53.3 Å². The summed E-state index contributed by atoms with van der Waals surface area (Å²) in [4.78, 5) is 30.3. The predicted octanol–water partition coefficient (Wildman–Crippen LogP) is 5.58. The quantitative estimate of drug-likeness (QED) is 0.525. The molecule has 7 nitrogen and oxygen atoms in total. The molecule has 0 radical (unpaired) electrons. The maximum atomic E-state index is 13.9. The lowest BCUT2D eigenvalue weighted by atomic mass is 10.0. The van der Waals surface area contributed by atoms with Gasteiger partial charge in [-0.15, -0.1) is 11.3 Å². The molecule has 2 aromatic heterocycles. The second kappa shape index (κ2) is 9.00. The van der Waals surface area contributed by atoms with Crippen LogP contribution in [-0.2, 0) is 15.7 Å². The lowest BCUT2D eigenvalue weighted by Crippen LogP contribution is -2.49. The molecular weight excluding hydrogens is 461 g/mol. The van der Waals surface area contributed by atoms with Gasteiger partial charge in [0.2, 0.25) is 5.88 Å². The zero-order chi connectivity index (χ0) is 24.7. The van der Waals surface area contributed by atoms with E-state index in [9.17, 15) is 22.8 Å². The van der Waals surface area contributed by atoms with Crippen LogP contribution in [0.1, 0.15) is 62.0 Å². The zero-order valence-electron chi connectivity index (χ0n) is 19.3. The maximum absolute atomic E-state index is 13.9. The number of hydrogen-bond acceptors (Lipinski definition) is 7. The van der Waals surface area contributed by atoms with Crippen LogP contribution in [0.4, 0.5) is 18.0 Å². The summed E-state index contributed by atoms with van der Waals surface area (Å²) in [5.41, 5.74) is -1.79. The summed E-state index contributed by atoms with van der Waals surface area (Å²) in [6, 6.07) is -0.239. The van der Waals surface area contributed by atoms with Gasteiger partial charge >= 0.3 is 18.2 Å². The number of carbonyl (C=O) groups is 2. The van der Waals surface area contributed by atoms with E-state index in [1.807, 2.05) is 6.92 Å². The molecule has 2 atom stereocenters. The normalized spacial score (nSPS) is 19.5. The fourth-order valence-corrected chi connectivity index (χ4v) is 4.90. The Morgan fingerprint density at radius 2 is 1.91 bits per heavy atom. The van der Waals surface area contributed by atoms with Crippen LogP contribution >= 0.6 is 11.3 Å². The fraction of sp³-hybridized carbons (Fsp3) is 0.591. The smallest absolute Gasteiger partial charge is 0.418 e. The number of thiophene rings is 1. The molecule has 0 aromatic carbocycles. The van der Waals surface area contributed by atoms with E-state index < -0.39 is 35.5 Å². The van der Waals surface area contributed by atoms with Crippen molar-refractivity contribution in [3.05, 3.63) is 22.1 Å². The second-order valence-electron chi connectivity index (χ2n) is 9.02. The number of fused-ring (bicyclic) bond motifs is 1. The lowest BCUT2D eigenvalue weighted by Gasteiger charge is -2.38. The van der Waals surface area contributed by atoms with Gasteiger partial charge in [-0.3, -0.25) is 0 Å². The van der Waals surface area contributed by atoms with Gasteiger partial charge in [-0.25, -0.2) is 14.6 Å². The highest BCUT2D eigenvalue weighted by atomic mass is 32.1. The van der Waals surface area contributed by atoms with Crippen LogP contribution < -0.4 is 4.74 Å². The van der Waals surface area contributed by atoms with Crippen molar-refractivity contribution in [2.45, 2.75) is 71.4 Å². The van der Waals surface area contributed by atoms with Gasteiger partial charge in [-0.2, -0.15) is 13.2 Å². The van der Waals surface area contributed by atoms with Crippen LogP contribution in [0.2, 0.25) is 0 Å². The molecule has 3 rings (SSSR count). The maximum Gasteiger partial charge on any atom is 0.418 e. The predicted molar refractivity (Wildman–Crippen MR) is 117 cm³/mol. The Labute approximate surface area is 193 Å². The van der Waals surface area contributed by atoms with Gasteiger partial charge < -0.3 is 19.1 Å². The number of halogens is 3. The molecular formula is C22H27F3N2O5S. The summed E-state index contributed by atoms with van der Waals surface area (Å²) in [5.74, 6) is -0.947. The number of alkyl halides is 3. The third-order valence-electron chi connectivity index (χ3n) is 5.32. The average Bonchev–Trinajstić information content (AvgIpc) is 3.08. The van der Waals surface area contributed by atoms with Crippen LogP contribution in [0, 0.1) is 6.92 Å². The molecule has 0 bridgehead atoms. The fourth-order valence-electron chi connectivity index (χ4n) is 3.80. The third kappa shape index (κ3) is 5.34. The summed E-state index contributed by atoms with van der Waals surface area (Å²) in [5, 5.41) is 1.31. The summed E-state index contributed by atoms with van der Waals surface area (Å²) >= 11 is 0.791. The number of hydrogen-bond donors (Lipinski definition) is 0. The van der Waals surface area contributed by atoms with Crippen molar-refractivity contribution in [2.75, 3.05) is 13.7 Å². The van der Waals surface area contributed by atoms with Gasteiger partial charge in [0.15, 0.2) is 0 Å². The molecule has 1 aliphatic rings. The molecule has 33 heavy (non-hydrogen) atoms. The van der Waals surface area contributed by atoms with Crippen molar-refractivity contribution in [1.82, 2.24) is 9.88 Å². The molecule has 0 N–H and O–H groups in total. The van der Waals surface area contributed by atoms with E-state index in [1.165, 1.54) is 12.3 Å². The minimum Gasteiger partial charge on any atom is -0.474 e. The van der Waals surface area contributed by atoms with Crippen molar-refractivity contribution in [3.63, 3.8) is 0 Å². The van der Waals surface area contributed by atoms with E-state index in [4.69, 9.17) is 9.47 Å². The zero-order valence-corrected chi connectivity index (χ0v) is 20.1. The van der Waals surface area contributed by atoms with Gasteiger partial charge in [0, 0.05) is 36.4 Å². The summed E-state index contributed by atoms with van der Waals surface area (Å²) in [6.45, 7) is 8.81. The molecule has 3 heterocycles. The van der Waals surface area contributed by atoms with Gasteiger partial charge in [-0.05, 0) is 34.6 Å². The molecule has 1 saturated heterocycles. The minimum absolute atomic E-state index is 0.0408. The van der Waals surface area contributed by atoms with Gasteiger partial charge in [0.05, 0.1) is 22.9 Å². The van der Waals surface area contributed by atoms with Crippen molar-refractivity contribution in [3.8, 4) is 5.88 Å². The minimum atomic E-state index is -4.66. The largest absolute Gasteiger partial charge is 0.474 e. The topological polar surface area (TPSA) is 78.0 Å². The molecule has 1 amide bonds. The number of pyridine rings is 1. The number of aromatic nitrogens is 1. The van der Waals surface area contributed by atoms with E-state index >= 15 is 0 Å². The number of carbonyl (C=O) groups excluding carboxylic acids is 2. The molecule has 182 valence electrons. The molecule has 0 unspecified atom stereocenters. The summed E-state index contributed by atoms with van der Waals surface area (Å²) in [6.07, 6.45) is -4.76. The number of rotatable bonds is 3. The van der Waals surface area contributed by atoms with Crippen LogP contribution in [0.3, 0.4) is 0 Å². The Morgan fingerprint density at radius 1 is 1.24 bits per heavy atom. The first-order valence-electron chi connectivity index (χ1n) is 10.5. The van der Waals surface area contributed by atoms with Crippen molar-refractivity contribution in [1.29, 1.82) is 0 Å². The first kappa shape index (κ1) is 25.1. The summed E-state index contributed by atoms with van der Waals surface area (Å²) in [7, 11) is 1.15. The van der Waals surface area contributed by atoms with Crippen molar-refractivity contribution < 1.29 is 37.0 Å². The van der Waals surface area contributed by atoms with Crippen LogP contribution in [0.5, 0.6) is 5.88 Å². The molecule has 0 aliphatic carbocycles. The molecule has 1 fully saturated rings. The molecule has 2 aromatic rings. The van der Waals surface area contributed by atoms with Crippen LogP contribution in [0.15, 0.2) is 5.38 Å². The molecule has 1 aliphatic heterocycles. The number of esters is 1. The van der Waals surface area contributed by atoms with Gasteiger partial charge in [0.1, 0.15) is 17.2 Å². The number of piperidine rings is 1. The van der Waals surface area contributed by atoms with E-state index in [2.05, 4.69) is 9.72 Å². The third-order valence-corrected chi connectivity index (χ3v) is 6.31. The van der Waals surface area contributed by atoms with Gasteiger partial charge in [-0.1, -0.05) is 0 Å². The second-order valence-corrected chi connectivity index (χ2v) is 9.90. The average molecular weight is 489 g/mol. The van der Waals surface area contributed by atoms with E-state index in [0.29, 0.717) is 19.4 Å². The summed E-state index contributed by atoms with van der Waals surface area (Å²) < 4.78 is 57.7. The molecule has 0 spiro atoms. The SMILES string of the molecule is COC(=O)c1csc2c(C(F)(F)F)c(C)c(O[C@@H]3CCN(C(=O)OC(C)(C)C)[C@H](C)C3)nc12.